The number of ether oxygens (including phenoxy) is 2. The molecule has 1 N–H and O–H groups in total. The van der Waals surface area contributed by atoms with Gasteiger partial charge in [-0.25, -0.2) is 4.79 Å². The van der Waals surface area contributed by atoms with Gasteiger partial charge in [0.1, 0.15) is 18.1 Å². The maximum absolute atomic E-state index is 12.6. The Labute approximate surface area is 161 Å². The van der Waals surface area contributed by atoms with E-state index in [-0.39, 0.29) is 11.8 Å². The Balaban J connectivity index is 1.73. The number of carbonyl (C=O) groups is 2. The van der Waals surface area contributed by atoms with Gasteiger partial charge in [0.2, 0.25) is 5.88 Å². The third-order valence-electron chi connectivity index (χ3n) is 3.95. The van der Waals surface area contributed by atoms with E-state index in [9.17, 15) is 9.59 Å². The zero-order valence-electron chi connectivity index (χ0n) is 15.8. The molecule has 0 aliphatic carbocycles. The van der Waals surface area contributed by atoms with Crippen LogP contribution in [0.5, 0.6) is 11.6 Å². The second-order valence-corrected chi connectivity index (χ2v) is 6.61. The van der Waals surface area contributed by atoms with Crippen molar-refractivity contribution in [2.75, 3.05) is 7.11 Å². The fraction of sp³-hybridized carbons (Fsp3) is 0.316. The van der Waals surface area contributed by atoms with Crippen molar-refractivity contribution in [3.63, 3.8) is 0 Å². The number of aromatic nitrogens is 4. The van der Waals surface area contributed by atoms with E-state index in [1.165, 1.54) is 18.0 Å². The van der Waals surface area contributed by atoms with E-state index in [1.807, 2.05) is 13.8 Å². The van der Waals surface area contributed by atoms with E-state index in [2.05, 4.69) is 20.6 Å². The van der Waals surface area contributed by atoms with Crippen molar-refractivity contribution in [2.24, 2.45) is 5.92 Å². The minimum absolute atomic E-state index is 0.220. The Morgan fingerprint density at radius 1 is 1.21 bits per heavy atom. The van der Waals surface area contributed by atoms with Gasteiger partial charge in [-0.05, 0) is 36.6 Å². The molecule has 0 fully saturated rings. The molecule has 1 unspecified atom stereocenters. The summed E-state index contributed by atoms with van der Waals surface area (Å²) in [7, 11) is 1.30. The lowest BCUT2D eigenvalue weighted by atomic mass is 10.0. The minimum Gasteiger partial charge on any atom is -0.467 e. The number of rotatable bonds is 7. The normalized spacial score (nSPS) is 12.0. The summed E-state index contributed by atoms with van der Waals surface area (Å²) in [6, 6.07) is 9.29. The van der Waals surface area contributed by atoms with E-state index < -0.39 is 12.0 Å². The summed E-state index contributed by atoms with van der Waals surface area (Å²) in [5.41, 5.74) is 0.958. The molecule has 3 aromatic rings. The second-order valence-electron chi connectivity index (χ2n) is 6.61. The number of hydrogen-bond donors (Lipinski definition) is 1. The van der Waals surface area contributed by atoms with Crippen LogP contribution in [0.25, 0.3) is 5.65 Å². The van der Waals surface area contributed by atoms with E-state index >= 15 is 0 Å². The third-order valence-corrected chi connectivity index (χ3v) is 3.95. The molecule has 2 aromatic heterocycles. The van der Waals surface area contributed by atoms with Crippen LogP contribution < -0.4 is 10.1 Å². The Kier molecular flexibility index (Phi) is 5.83. The number of esters is 1. The van der Waals surface area contributed by atoms with Crippen molar-refractivity contribution >= 4 is 17.5 Å². The van der Waals surface area contributed by atoms with Crippen LogP contribution >= 0.6 is 0 Å². The van der Waals surface area contributed by atoms with Gasteiger partial charge in [-0.1, -0.05) is 19.9 Å². The zero-order chi connectivity index (χ0) is 20.1. The standard InChI is InChI=1S/C19H21N5O4/c1-12(2)9-15(19(26)27-3)21-18(25)13-5-4-6-14(10-13)28-17-8-7-16-22-20-11-24(16)23-17/h4-8,10-12,15H,9H2,1-3H3,(H,21,25). The molecule has 0 aliphatic rings. The molecule has 0 saturated heterocycles. The molecule has 9 heteroatoms. The summed E-state index contributed by atoms with van der Waals surface area (Å²) < 4.78 is 12.0. The maximum Gasteiger partial charge on any atom is 0.328 e. The van der Waals surface area contributed by atoms with Crippen LogP contribution in [-0.4, -0.2) is 44.8 Å². The number of carbonyl (C=O) groups excluding carboxylic acids is 2. The van der Waals surface area contributed by atoms with Gasteiger partial charge in [-0.15, -0.1) is 15.3 Å². The Bertz CT molecular complexity index is 985. The molecule has 0 bridgehead atoms. The fourth-order valence-corrected chi connectivity index (χ4v) is 2.66. The molecule has 0 saturated carbocycles. The maximum atomic E-state index is 12.6. The number of nitrogens with one attached hydrogen (secondary N) is 1. The predicted molar refractivity (Wildman–Crippen MR) is 100 cm³/mol. The van der Waals surface area contributed by atoms with E-state index in [4.69, 9.17) is 9.47 Å². The molecule has 2 heterocycles. The van der Waals surface area contributed by atoms with Gasteiger partial charge >= 0.3 is 5.97 Å². The van der Waals surface area contributed by atoms with Gasteiger partial charge in [0.25, 0.3) is 5.91 Å². The molecule has 28 heavy (non-hydrogen) atoms. The van der Waals surface area contributed by atoms with Gasteiger partial charge in [-0.2, -0.15) is 4.52 Å². The summed E-state index contributed by atoms with van der Waals surface area (Å²) in [4.78, 5) is 24.5. The highest BCUT2D eigenvalue weighted by atomic mass is 16.5. The lowest BCUT2D eigenvalue weighted by Gasteiger charge is -2.18. The molecule has 146 valence electrons. The number of nitrogens with zero attached hydrogens (tertiary/aromatic N) is 4. The topological polar surface area (TPSA) is 108 Å². The van der Waals surface area contributed by atoms with Gasteiger partial charge in [0.15, 0.2) is 5.65 Å². The molecule has 0 radical (unpaired) electrons. The quantitative estimate of drug-likeness (QED) is 0.623. The second kappa shape index (κ2) is 8.47. The summed E-state index contributed by atoms with van der Waals surface area (Å²) >= 11 is 0. The van der Waals surface area contributed by atoms with Crippen LogP contribution in [0, 0.1) is 5.92 Å². The third kappa shape index (κ3) is 4.61. The molecular formula is C19H21N5O4. The molecule has 9 nitrogen and oxygen atoms in total. The molecule has 3 rings (SSSR count). The van der Waals surface area contributed by atoms with Crippen LogP contribution in [0.2, 0.25) is 0 Å². The molecule has 1 aromatic carbocycles. The van der Waals surface area contributed by atoms with E-state index in [0.29, 0.717) is 29.3 Å². The lowest BCUT2D eigenvalue weighted by molar-refractivity contribution is -0.143. The summed E-state index contributed by atoms with van der Waals surface area (Å²) in [5, 5.41) is 14.6. The number of amides is 1. The van der Waals surface area contributed by atoms with Gasteiger partial charge in [0, 0.05) is 11.6 Å². The van der Waals surface area contributed by atoms with Gasteiger partial charge in [0.05, 0.1) is 7.11 Å². The number of hydrogen-bond acceptors (Lipinski definition) is 7. The molecular weight excluding hydrogens is 362 g/mol. The van der Waals surface area contributed by atoms with Crippen molar-refractivity contribution in [2.45, 2.75) is 26.3 Å². The van der Waals surface area contributed by atoms with Crippen molar-refractivity contribution in [1.82, 2.24) is 25.1 Å². The van der Waals surface area contributed by atoms with Crippen LogP contribution in [0.1, 0.15) is 30.6 Å². The highest BCUT2D eigenvalue weighted by Gasteiger charge is 2.23. The van der Waals surface area contributed by atoms with Gasteiger partial charge < -0.3 is 14.8 Å². The molecule has 1 amide bonds. The Morgan fingerprint density at radius 3 is 2.79 bits per heavy atom. The first kappa shape index (κ1) is 19.3. The Hall–Kier alpha value is -3.49. The SMILES string of the molecule is COC(=O)C(CC(C)C)NC(=O)c1cccc(Oc2ccc3nncn3n2)c1. The lowest BCUT2D eigenvalue weighted by Crippen LogP contribution is -2.42. The number of fused-ring (bicyclic) bond motifs is 1. The number of benzene rings is 1. The predicted octanol–water partition coefficient (Wildman–Crippen LogP) is 2.23. The highest BCUT2D eigenvalue weighted by Crippen LogP contribution is 2.21. The summed E-state index contributed by atoms with van der Waals surface area (Å²) in [6.07, 6.45) is 1.95. The fourth-order valence-electron chi connectivity index (χ4n) is 2.66. The van der Waals surface area contributed by atoms with Crippen LogP contribution in [0.4, 0.5) is 0 Å². The molecule has 0 spiro atoms. The van der Waals surface area contributed by atoms with Crippen molar-refractivity contribution in [3.05, 3.63) is 48.3 Å². The zero-order valence-corrected chi connectivity index (χ0v) is 15.8. The van der Waals surface area contributed by atoms with Crippen LogP contribution in [0.15, 0.2) is 42.7 Å². The number of methoxy groups -OCH3 is 1. The molecule has 0 aliphatic heterocycles. The highest BCUT2D eigenvalue weighted by molar-refractivity contribution is 5.97. The van der Waals surface area contributed by atoms with E-state index in [0.717, 1.165) is 0 Å². The average molecular weight is 383 g/mol. The van der Waals surface area contributed by atoms with Crippen molar-refractivity contribution < 1.29 is 19.1 Å². The summed E-state index contributed by atoms with van der Waals surface area (Å²) in [5.74, 6) is 0.130. The van der Waals surface area contributed by atoms with E-state index in [1.54, 1.807) is 36.4 Å². The van der Waals surface area contributed by atoms with Crippen molar-refractivity contribution in [1.29, 1.82) is 0 Å². The smallest absolute Gasteiger partial charge is 0.328 e. The monoisotopic (exact) mass is 383 g/mol. The first-order chi connectivity index (χ1) is 13.5. The minimum atomic E-state index is -0.708. The van der Waals surface area contributed by atoms with Crippen LogP contribution in [0.3, 0.4) is 0 Å². The first-order valence-corrected chi connectivity index (χ1v) is 8.80. The summed E-state index contributed by atoms with van der Waals surface area (Å²) in [6.45, 7) is 3.94. The largest absolute Gasteiger partial charge is 0.467 e. The average Bonchev–Trinajstić information content (AvgIpc) is 3.14. The molecule has 1 atom stereocenters. The Morgan fingerprint density at radius 2 is 2.04 bits per heavy atom. The van der Waals surface area contributed by atoms with Crippen molar-refractivity contribution in [3.8, 4) is 11.6 Å². The van der Waals surface area contributed by atoms with Gasteiger partial charge in [-0.3, -0.25) is 4.79 Å². The van der Waals surface area contributed by atoms with Crippen LogP contribution in [-0.2, 0) is 9.53 Å². The first-order valence-electron chi connectivity index (χ1n) is 8.80.